The molecular formula is C11H11FN4. The quantitative estimate of drug-likeness (QED) is 0.781. The van der Waals surface area contributed by atoms with Crippen molar-refractivity contribution in [2.24, 2.45) is 0 Å². The second-order valence-electron chi connectivity index (χ2n) is 3.75. The molecule has 0 unspecified atom stereocenters. The predicted molar refractivity (Wildman–Crippen MR) is 57.1 cm³/mol. The Morgan fingerprint density at radius 3 is 3.19 bits per heavy atom. The van der Waals surface area contributed by atoms with Gasteiger partial charge in [-0.3, -0.25) is 9.67 Å². The van der Waals surface area contributed by atoms with Gasteiger partial charge in [0.05, 0.1) is 12.2 Å². The van der Waals surface area contributed by atoms with Crippen LogP contribution in [0.5, 0.6) is 0 Å². The molecule has 16 heavy (non-hydrogen) atoms. The van der Waals surface area contributed by atoms with Crippen molar-refractivity contribution < 1.29 is 4.39 Å². The summed E-state index contributed by atoms with van der Waals surface area (Å²) < 4.78 is 15.4. The van der Waals surface area contributed by atoms with Gasteiger partial charge in [-0.1, -0.05) is 0 Å². The van der Waals surface area contributed by atoms with Gasteiger partial charge in [0.1, 0.15) is 11.4 Å². The van der Waals surface area contributed by atoms with E-state index in [9.17, 15) is 4.39 Å². The van der Waals surface area contributed by atoms with E-state index in [0.29, 0.717) is 11.4 Å². The van der Waals surface area contributed by atoms with Crippen molar-refractivity contribution in [2.75, 3.05) is 6.54 Å². The van der Waals surface area contributed by atoms with Gasteiger partial charge in [-0.25, -0.2) is 4.39 Å². The zero-order valence-corrected chi connectivity index (χ0v) is 8.65. The van der Waals surface area contributed by atoms with Crippen LogP contribution >= 0.6 is 0 Å². The number of nitrogens with zero attached hydrogens (tertiary/aromatic N) is 3. The van der Waals surface area contributed by atoms with Crippen molar-refractivity contribution >= 4 is 0 Å². The van der Waals surface area contributed by atoms with E-state index in [1.807, 2.05) is 10.7 Å². The third-order valence-electron chi connectivity index (χ3n) is 2.67. The minimum Gasteiger partial charge on any atom is -0.309 e. The number of rotatable bonds is 1. The summed E-state index contributed by atoms with van der Waals surface area (Å²) in [5.74, 6) is -0.328. The zero-order chi connectivity index (χ0) is 11.0. The van der Waals surface area contributed by atoms with Gasteiger partial charge in [0.25, 0.3) is 0 Å². The minimum absolute atomic E-state index is 0.324. The van der Waals surface area contributed by atoms with Gasteiger partial charge in [-0.05, 0) is 18.2 Å². The molecule has 2 aromatic heterocycles. The molecule has 0 bridgehead atoms. The summed E-state index contributed by atoms with van der Waals surface area (Å²) in [5.41, 5.74) is 2.01. The van der Waals surface area contributed by atoms with Gasteiger partial charge in [0.15, 0.2) is 5.82 Å². The normalized spacial score (nSPS) is 14.8. The highest BCUT2D eigenvalue weighted by Crippen LogP contribution is 2.20. The maximum absolute atomic E-state index is 13.5. The first-order valence-electron chi connectivity index (χ1n) is 5.23. The lowest BCUT2D eigenvalue weighted by molar-refractivity contribution is 0.476. The van der Waals surface area contributed by atoms with E-state index >= 15 is 0 Å². The first kappa shape index (κ1) is 9.47. The summed E-state index contributed by atoms with van der Waals surface area (Å²) in [4.78, 5) is 4.02. The van der Waals surface area contributed by atoms with Crippen LogP contribution in [0.2, 0.25) is 0 Å². The summed E-state index contributed by atoms with van der Waals surface area (Å²) in [5, 5.41) is 7.60. The number of fused-ring (bicyclic) bond motifs is 1. The van der Waals surface area contributed by atoms with Crippen LogP contribution in [0.3, 0.4) is 0 Å². The van der Waals surface area contributed by atoms with Crippen LogP contribution in [0.1, 0.15) is 5.69 Å². The largest absolute Gasteiger partial charge is 0.309 e. The third kappa shape index (κ3) is 1.49. The first-order valence-corrected chi connectivity index (χ1v) is 5.23. The molecule has 0 spiro atoms. The van der Waals surface area contributed by atoms with Crippen LogP contribution in [0.15, 0.2) is 24.4 Å². The molecule has 0 saturated heterocycles. The Bertz CT molecular complexity index is 497. The molecule has 2 aromatic rings. The Balaban J connectivity index is 2.07. The van der Waals surface area contributed by atoms with Gasteiger partial charge in [-0.2, -0.15) is 5.10 Å². The summed E-state index contributed by atoms with van der Waals surface area (Å²) in [6.45, 7) is 2.50. The molecule has 1 aliphatic heterocycles. The number of hydrogen-bond donors (Lipinski definition) is 1. The van der Waals surface area contributed by atoms with Crippen molar-refractivity contribution in [3.8, 4) is 11.4 Å². The monoisotopic (exact) mass is 218 g/mol. The molecule has 3 rings (SSSR count). The molecule has 1 N–H and O–H groups in total. The van der Waals surface area contributed by atoms with Crippen molar-refractivity contribution in [1.29, 1.82) is 0 Å². The number of hydrogen-bond acceptors (Lipinski definition) is 3. The van der Waals surface area contributed by atoms with Crippen LogP contribution < -0.4 is 5.32 Å². The molecular weight excluding hydrogens is 207 g/mol. The van der Waals surface area contributed by atoms with Crippen LogP contribution in [-0.4, -0.2) is 21.3 Å². The van der Waals surface area contributed by atoms with Crippen LogP contribution in [-0.2, 0) is 13.1 Å². The van der Waals surface area contributed by atoms with E-state index in [1.165, 1.54) is 6.07 Å². The van der Waals surface area contributed by atoms with E-state index in [0.717, 1.165) is 25.3 Å². The molecule has 4 nitrogen and oxygen atoms in total. The molecule has 0 saturated carbocycles. The van der Waals surface area contributed by atoms with E-state index in [1.54, 1.807) is 12.3 Å². The Morgan fingerprint density at radius 1 is 1.44 bits per heavy atom. The Hall–Kier alpha value is -1.75. The Kier molecular flexibility index (Phi) is 2.18. The van der Waals surface area contributed by atoms with Gasteiger partial charge in [-0.15, -0.1) is 0 Å². The Morgan fingerprint density at radius 2 is 2.38 bits per heavy atom. The number of halogens is 1. The molecule has 82 valence electrons. The standard InChI is InChI=1S/C11H11FN4/c12-9-2-1-3-14-11(9)10-6-8-7-13-4-5-16(8)15-10/h1-3,6,13H,4-5,7H2. The summed E-state index contributed by atoms with van der Waals surface area (Å²) in [6, 6.07) is 4.87. The maximum Gasteiger partial charge on any atom is 0.151 e. The molecule has 1 aliphatic rings. The molecule has 3 heterocycles. The number of pyridine rings is 1. The minimum atomic E-state index is -0.328. The smallest absolute Gasteiger partial charge is 0.151 e. The van der Waals surface area contributed by atoms with Crippen molar-refractivity contribution in [2.45, 2.75) is 13.1 Å². The molecule has 0 aromatic carbocycles. The van der Waals surface area contributed by atoms with Crippen molar-refractivity contribution in [3.05, 3.63) is 35.9 Å². The highest BCUT2D eigenvalue weighted by Gasteiger charge is 2.15. The van der Waals surface area contributed by atoms with E-state index in [-0.39, 0.29) is 5.82 Å². The van der Waals surface area contributed by atoms with E-state index < -0.39 is 0 Å². The molecule has 0 radical (unpaired) electrons. The SMILES string of the molecule is Fc1cccnc1-c1cc2n(n1)CCNC2. The lowest BCUT2D eigenvalue weighted by Crippen LogP contribution is -2.28. The summed E-state index contributed by atoms with van der Waals surface area (Å²) in [6.07, 6.45) is 1.58. The van der Waals surface area contributed by atoms with Gasteiger partial charge in [0.2, 0.25) is 0 Å². The van der Waals surface area contributed by atoms with E-state index in [2.05, 4.69) is 15.4 Å². The fraction of sp³-hybridized carbons (Fsp3) is 0.273. The zero-order valence-electron chi connectivity index (χ0n) is 8.65. The van der Waals surface area contributed by atoms with Crippen LogP contribution in [0, 0.1) is 5.82 Å². The average Bonchev–Trinajstić information content (AvgIpc) is 2.73. The number of nitrogens with one attached hydrogen (secondary N) is 1. The predicted octanol–water partition coefficient (Wildman–Crippen LogP) is 1.19. The van der Waals surface area contributed by atoms with Gasteiger partial charge >= 0.3 is 0 Å². The summed E-state index contributed by atoms with van der Waals surface area (Å²) >= 11 is 0. The second-order valence-corrected chi connectivity index (χ2v) is 3.75. The molecule has 0 amide bonds. The molecule has 0 atom stereocenters. The van der Waals surface area contributed by atoms with E-state index in [4.69, 9.17) is 0 Å². The van der Waals surface area contributed by atoms with Crippen molar-refractivity contribution in [3.63, 3.8) is 0 Å². The maximum atomic E-state index is 13.5. The van der Waals surface area contributed by atoms with Gasteiger partial charge in [0, 0.05) is 19.3 Å². The molecule has 0 fully saturated rings. The van der Waals surface area contributed by atoms with Crippen LogP contribution in [0.4, 0.5) is 4.39 Å². The first-order chi connectivity index (χ1) is 7.84. The molecule has 0 aliphatic carbocycles. The fourth-order valence-electron chi connectivity index (χ4n) is 1.88. The fourth-order valence-corrected chi connectivity index (χ4v) is 1.88. The second kappa shape index (κ2) is 3.68. The lowest BCUT2D eigenvalue weighted by atomic mass is 10.2. The van der Waals surface area contributed by atoms with Crippen molar-refractivity contribution in [1.82, 2.24) is 20.1 Å². The van der Waals surface area contributed by atoms with Gasteiger partial charge < -0.3 is 5.32 Å². The lowest BCUT2D eigenvalue weighted by Gasteiger charge is -2.13. The third-order valence-corrected chi connectivity index (χ3v) is 2.67. The highest BCUT2D eigenvalue weighted by atomic mass is 19.1. The summed E-state index contributed by atoms with van der Waals surface area (Å²) in [7, 11) is 0. The highest BCUT2D eigenvalue weighted by molar-refractivity contribution is 5.55. The van der Waals surface area contributed by atoms with Crippen LogP contribution in [0.25, 0.3) is 11.4 Å². The molecule has 5 heteroatoms. The Labute approximate surface area is 92.1 Å². The number of aromatic nitrogens is 3. The topological polar surface area (TPSA) is 42.7 Å². The average molecular weight is 218 g/mol.